The molecule has 0 bridgehead atoms. The summed E-state index contributed by atoms with van der Waals surface area (Å²) in [7, 11) is 1.73. The SMILES string of the molecule is CC1CC(CN2CCC(Cc3nn(C)c(=O)n3-c3ccccc3)CC2)NN1. The third kappa shape index (κ3) is 4.15. The first-order chi connectivity index (χ1) is 13.1. The van der Waals surface area contributed by atoms with E-state index in [0.717, 1.165) is 50.4 Å². The standard InChI is InChI=1S/C20H30N6O/c1-15-12-17(22-21-15)14-25-10-8-16(9-11-25)13-19-23-24(2)20(27)26(19)18-6-4-3-5-7-18/h3-7,15-17,21-22H,8-14H2,1-2H3. The van der Waals surface area contributed by atoms with E-state index in [-0.39, 0.29) is 5.69 Å². The molecule has 0 amide bonds. The normalized spacial score (nSPS) is 24.5. The number of hydrazine groups is 1. The van der Waals surface area contributed by atoms with Crippen molar-refractivity contribution in [2.24, 2.45) is 13.0 Å². The lowest BCUT2D eigenvalue weighted by Crippen LogP contribution is -2.44. The number of hydrogen-bond acceptors (Lipinski definition) is 5. The molecule has 2 saturated heterocycles. The van der Waals surface area contributed by atoms with Crippen LogP contribution in [0.4, 0.5) is 0 Å². The molecule has 2 aromatic rings. The number of likely N-dealkylation sites (tertiary alicyclic amines) is 1. The molecule has 2 aliphatic heterocycles. The van der Waals surface area contributed by atoms with Crippen molar-refractivity contribution in [3.8, 4) is 5.69 Å². The van der Waals surface area contributed by atoms with Gasteiger partial charge in [0.2, 0.25) is 0 Å². The van der Waals surface area contributed by atoms with Crippen LogP contribution in [0.2, 0.25) is 0 Å². The van der Waals surface area contributed by atoms with E-state index in [0.29, 0.717) is 18.0 Å². The maximum Gasteiger partial charge on any atom is 0.350 e. The average Bonchev–Trinajstić information content (AvgIpc) is 3.20. The Labute approximate surface area is 160 Å². The quantitative estimate of drug-likeness (QED) is 0.825. The Hall–Kier alpha value is -1.96. The van der Waals surface area contributed by atoms with Gasteiger partial charge < -0.3 is 4.90 Å². The van der Waals surface area contributed by atoms with Gasteiger partial charge in [0.15, 0.2) is 0 Å². The van der Waals surface area contributed by atoms with Crippen molar-refractivity contribution < 1.29 is 0 Å². The second-order valence-corrected chi connectivity index (χ2v) is 8.06. The molecule has 2 N–H and O–H groups in total. The summed E-state index contributed by atoms with van der Waals surface area (Å²) in [6.07, 6.45) is 4.38. The lowest BCUT2D eigenvalue weighted by Gasteiger charge is -2.33. The van der Waals surface area contributed by atoms with Crippen LogP contribution in [0.15, 0.2) is 35.1 Å². The fourth-order valence-electron chi connectivity index (χ4n) is 4.35. The Morgan fingerprint density at radius 3 is 2.56 bits per heavy atom. The number of rotatable bonds is 5. The van der Waals surface area contributed by atoms with Crippen LogP contribution >= 0.6 is 0 Å². The van der Waals surface area contributed by atoms with Crippen molar-refractivity contribution >= 4 is 0 Å². The molecule has 1 aromatic heterocycles. The Morgan fingerprint density at radius 1 is 1.15 bits per heavy atom. The molecule has 27 heavy (non-hydrogen) atoms. The number of benzene rings is 1. The molecule has 2 unspecified atom stereocenters. The van der Waals surface area contributed by atoms with Gasteiger partial charge in [0.05, 0.1) is 5.69 Å². The number of nitrogens with one attached hydrogen (secondary N) is 2. The van der Waals surface area contributed by atoms with E-state index < -0.39 is 0 Å². The van der Waals surface area contributed by atoms with Crippen molar-refractivity contribution in [1.82, 2.24) is 30.1 Å². The zero-order valence-corrected chi connectivity index (χ0v) is 16.3. The van der Waals surface area contributed by atoms with Gasteiger partial charge in [-0.05, 0) is 57.3 Å². The van der Waals surface area contributed by atoms with Crippen LogP contribution in [0.25, 0.3) is 5.69 Å². The van der Waals surface area contributed by atoms with Crippen molar-refractivity contribution in [2.45, 2.75) is 44.7 Å². The monoisotopic (exact) mass is 370 g/mol. The highest BCUT2D eigenvalue weighted by Gasteiger charge is 2.27. The first kappa shape index (κ1) is 18.4. The van der Waals surface area contributed by atoms with Gasteiger partial charge in [-0.3, -0.25) is 10.9 Å². The molecule has 0 spiro atoms. The Bertz CT molecular complexity index is 806. The highest BCUT2D eigenvalue weighted by Crippen LogP contribution is 2.22. The second kappa shape index (κ2) is 7.96. The minimum absolute atomic E-state index is 0.0671. The van der Waals surface area contributed by atoms with E-state index in [4.69, 9.17) is 0 Å². The average molecular weight is 371 g/mol. The van der Waals surface area contributed by atoms with Crippen LogP contribution in [-0.4, -0.2) is 51.0 Å². The summed E-state index contributed by atoms with van der Waals surface area (Å²) in [6.45, 7) is 5.58. The summed E-state index contributed by atoms with van der Waals surface area (Å²) in [5.41, 5.74) is 7.54. The first-order valence-corrected chi connectivity index (χ1v) is 10.0. The fourth-order valence-corrected chi connectivity index (χ4v) is 4.35. The summed E-state index contributed by atoms with van der Waals surface area (Å²) in [5.74, 6) is 1.46. The molecule has 2 atom stereocenters. The van der Waals surface area contributed by atoms with E-state index >= 15 is 0 Å². The van der Waals surface area contributed by atoms with E-state index in [1.807, 2.05) is 30.3 Å². The smallest absolute Gasteiger partial charge is 0.302 e. The molecule has 2 aliphatic rings. The van der Waals surface area contributed by atoms with Gasteiger partial charge in [0.1, 0.15) is 5.82 Å². The van der Waals surface area contributed by atoms with Gasteiger partial charge in [0.25, 0.3) is 0 Å². The summed E-state index contributed by atoms with van der Waals surface area (Å²) in [4.78, 5) is 15.1. The molecule has 146 valence electrons. The summed E-state index contributed by atoms with van der Waals surface area (Å²) in [6, 6.07) is 10.9. The number of nitrogens with zero attached hydrogens (tertiary/aromatic N) is 4. The number of piperidine rings is 1. The van der Waals surface area contributed by atoms with Crippen molar-refractivity contribution in [3.05, 3.63) is 46.6 Å². The van der Waals surface area contributed by atoms with Crippen LogP contribution < -0.4 is 16.5 Å². The molecular weight excluding hydrogens is 340 g/mol. The van der Waals surface area contributed by atoms with Crippen LogP contribution in [0, 0.1) is 5.92 Å². The third-order valence-corrected chi connectivity index (χ3v) is 5.83. The molecule has 7 nitrogen and oxygen atoms in total. The molecule has 0 radical (unpaired) electrons. The van der Waals surface area contributed by atoms with Gasteiger partial charge >= 0.3 is 5.69 Å². The highest BCUT2D eigenvalue weighted by atomic mass is 16.2. The van der Waals surface area contributed by atoms with Crippen molar-refractivity contribution in [2.75, 3.05) is 19.6 Å². The Kier molecular flexibility index (Phi) is 5.43. The Morgan fingerprint density at radius 2 is 1.89 bits per heavy atom. The van der Waals surface area contributed by atoms with Gasteiger partial charge in [-0.2, -0.15) is 5.10 Å². The van der Waals surface area contributed by atoms with Crippen LogP contribution in [0.5, 0.6) is 0 Å². The lowest BCUT2D eigenvalue weighted by atomic mass is 9.92. The van der Waals surface area contributed by atoms with Gasteiger partial charge in [-0.1, -0.05) is 18.2 Å². The molecule has 7 heteroatoms. The molecular formula is C20H30N6O. The second-order valence-electron chi connectivity index (χ2n) is 8.06. The van der Waals surface area contributed by atoms with Gasteiger partial charge in [-0.15, -0.1) is 0 Å². The predicted octanol–water partition coefficient (Wildman–Crippen LogP) is 1.08. The minimum Gasteiger partial charge on any atom is -0.302 e. The van der Waals surface area contributed by atoms with Crippen molar-refractivity contribution in [1.29, 1.82) is 0 Å². The maximum absolute atomic E-state index is 12.5. The van der Waals surface area contributed by atoms with Crippen LogP contribution in [0.1, 0.15) is 32.0 Å². The zero-order chi connectivity index (χ0) is 18.8. The fraction of sp³-hybridized carbons (Fsp3) is 0.600. The van der Waals surface area contributed by atoms with Gasteiger partial charge in [0, 0.05) is 32.1 Å². The highest BCUT2D eigenvalue weighted by molar-refractivity contribution is 5.32. The molecule has 3 heterocycles. The van der Waals surface area contributed by atoms with E-state index in [1.54, 1.807) is 11.6 Å². The minimum atomic E-state index is -0.0671. The molecule has 1 aromatic carbocycles. The molecule has 0 saturated carbocycles. The zero-order valence-electron chi connectivity index (χ0n) is 16.3. The van der Waals surface area contributed by atoms with Gasteiger partial charge in [-0.25, -0.2) is 14.0 Å². The number of aromatic nitrogens is 3. The lowest BCUT2D eigenvalue weighted by molar-refractivity contribution is 0.169. The number of hydrogen-bond donors (Lipinski definition) is 2. The van der Waals surface area contributed by atoms with E-state index in [2.05, 4.69) is 27.8 Å². The van der Waals surface area contributed by atoms with Crippen LogP contribution in [0.3, 0.4) is 0 Å². The summed E-state index contributed by atoms with van der Waals surface area (Å²) >= 11 is 0. The third-order valence-electron chi connectivity index (χ3n) is 5.83. The summed E-state index contributed by atoms with van der Waals surface area (Å²) in [5, 5.41) is 4.53. The predicted molar refractivity (Wildman–Crippen MR) is 106 cm³/mol. The number of aryl methyl sites for hydroxylation is 1. The van der Waals surface area contributed by atoms with Crippen molar-refractivity contribution in [3.63, 3.8) is 0 Å². The first-order valence-electron chi connectivity index (χ1n) is 10.0. The van der Waals surface area contributed by atoms with Crippen LogP contribution in [-0.2, 0) is 13.5 Å². The van der Waals surface area contributed by atoms with E-state index in [9.17, 15) is 4.79 Å². The summed E-state index contributed by atoms with van der Waals surface area (Å²) < 4.78 is 3.22. The molecule has 4 rings (SSSR count). The topological polar surface area (TPSA) is 67.1 Å². The van der Waals surface area contributed by atoms with E-state index in [1.165, 1.54) is 11.1 Å². The largest absolute Gasteiger partial charge is 0.350 e. The molecule has 2 fully saturated rings. The molecule has 0 aliphatic carbocycles. The number of para-hydroxylation sites is 1. The Balaban J connectivity index is 1.38. The maximum atomic E-state index is 12.5.